The summed E-state index contributed by atoms with van der Waals surface area (Å²) in [5.74, 6) is -0.621. The molecule has 200 valence electrons. The first-order valence-electron chi connectivity index (χ1n) is 12.8. The second-order valence-corrected chi connectivity index (χ2v) is 11.2. The first-order chi connectivity index (χ1) is 16.9. The van der Waals surface area contributed by atoms with Crippen LogP contribution in [0.15, 0.2) is 18.2 Å². The van der Waals surface area contributed by atoms with E-state index in [9.17, 15) is 29.7 Å². The highest BCUT2D eigenvalue weighted by atomic mass is 16.5. The summed E-state index contributed by atoms with van der Waals surface area (Å²) >= 11 is 0. The second kappa shape index (κ2) is 11.1. The third kappa shape index (κ3) is 5.61. The van der Waals surface area contributed by atoms with Gasteiger partial charge in [0.2, 0.25) is 11.8 Å². The number of carbonyl (C=O) groups is 3. The van der Waals surface area contributed by atoms with Gasteiger partial charge in [-0.3, -0.25) is 14.4 Å². The number of amides is 2. The fourth-order valence-corrected chi connectivity index (χ4v) is 6.10. The molecule has 1 saturated heterocycles. The molecule has 9 heteroatoms. The van der Waals surface area contributed by atoms with E-state index in [1.807, 2.05) is 6.92 Å². The van der Waals surface area contributed by atoms with Crippen LogP contribution < -0.4 is 5.32 Å². The first-order valence-corrected chi connectivity index (χ1v) is 12.8. The minimum atomic E-state index is -1.33. The predicted molar refractivity (Wildman–Crippen MR) is 133 cm³/mol. The summed E-state index contributed by atoms with van der Waals surface area (Å²) in [7, 11) is 0. The number of hydrogen-bond acceptors (Lipinski definition) is 7. The second-order valence-electron chi connectivity index (χ2n) is 11.2. The topological polar surface area (TPSA) is 136 Å². The van der Waals surface area contributed by atoms with E-state index < -0.39 is 12.0 Å². The lowest BCUT2D eigenvalue weighted by atomic mass is 9.70. The number of phenolic OH excluding ortho intramolecular Hbond substituents is 2. The van der Waals surface area contributed by atoms with E-state index >= 15 is 0 Å². The van der Waals surface area contributed by atoms with Crippen molar-refractivity contribution in [3.05, 3.63) is 23.8 Å². The zero-order valence-corrected chi connectivity index (χ0v) is 21.7. The van der Waals surface area contributed by atoms with E-state index in [2.05, 4.69) is 26.1 Å². The molecule has 9 nitrogen and oxygen atoms in total. The van der Waals surface area contributed by atoms with Crippen molar-refractivity contribution in [1.82, 2.24) is 10.2 Å². The van der Waals surface area contributed by atoms with Crippen LogP contribution >= 0.6 is 0 Å². The molecule has 0 radical (unpaired) electrons. The Morgan fingerprint density at radius 3 is 2.47 bits per heavy atom. The molecule has 0 spiro atoms. The van der Waals surface area contributed by atoms with Gasteiger partial charge in [0, 0.05) is 24.4 Å². The van der Waals surface area contributed by atoms with Gasteiger partial charge in [-0.05, 0) is 68.1 Å². The van der Waals surface area contributed by atoms with Crippen LogP contribution in [-0.2, 0) is 25.5 Å². The molecule has 1 heterocycles. The van der Waals surface area contributed by atoms with Crippen LogP contribution in [0.4, 0.5) is 0 Å². The smallest absolute Gasteiger partial charge is 0.293 e. The summed E-state index contributed by atoms with van der Waals surface area (Å²) < 4.78 is 5.19. The van der Waals surface area contributed by atoms with Crippen LogP contribution in [-0.4, -0.2) is 69.8 Å². The van der Waals surface area contributed by atoms with Crippen LogP contribution in [0.3, 0.4) is 0 Å². The van der Waals surface area contributed by atoms with Gasteiger partial charge in [0.1, 0.15) is 12.2 Å². The highest BCUT2D eigenvalue weighted by Crippen LogP contribution is 2.66. The van der Waals surface area contributed by atoms with Gasteiger partial charge >= 0.3 is 0 Å². The fourth-order valence-electron chi connectivity index (χ4n) is 6.10. The number of nitrogens with zero attached hydrogens (tertiary/aromatic N) is 1. The molecule has 5 atom stereocenters. The summed E-state index contributed by atoms with van der Waals surface area (Å²) in [6.45, 7) is 10.1. The minimum Gasteiger partial charge on any atom is -0.504 e. The molecule has 1 aromatic rings. The number of benzene rings is 1. The largest absolute Gasteiger partial charge is 0.504 e. The SMILES string of the molecule is CC1(C)C2CCC1(C)C(OC=O)C2.CC1CCCN1C(=O)CNC(=O)C(O)Cc1ccc(O)c(O)c1. The lowest BCUT2D eigenvalue weighted by molar-refractivity contribution is -0.141. The third-order valence-electron chi connectivity index (χ3n) is 8.99. The molecule has 5 unspecified atom stereocenters. The number of hydrogen-bond donors (Lipinski definition) is 4. The maximum atomic E-state index is 12.0. The molecule has 2 saturated carbocycles. The number of likely N-dealkylation sites (tertiary alicyclic amines) is 1. The number of fused-ring (bicyclic) bond motifs is 2. The van der Waals surface area contributed by atoms with Gasteiger partial charge in [-0.2, -0.15) is 0 Å². The van der Waals surface area contributed by atoms with Crippen molar-refractivity contribution in [2.75, 3.05) is 13.1 Å². The molecular formula is C27H40N2O7. The number of nitrogens with one attached hydrogen (secondary N) is 1. The predicted octanol–water partition coefficient (Wildman–Crippen LogP) is 2.50. The molecule has 1 aromatic carbocycles. The average molecular weight is 505 g/mol. The molecule has 0 aromatic heterocycles. The van der Waals surface area contributed by atoms with Gasteiger partial charge in [-0.15, -0.1) is 0 Å². The van der Waals surface area contributed by atoms with Gasteiger partial charge in [-0.25, -0.2) is 0 Å². The van der Waals surface area contributed by atoms with Crippen LogP contribution in [0.25, 0.3) is 0 Å². The van der Waals surface area contributed by atoms with E-state index in [1.165, 1.54) is 31.0 Å². The zero-order chi connectivity index (χ0) is 26.7. The van der Waals surface area contributed by atoms with E-state index in [-0.39, 0.29) is 47.9 Å². The number of ether oxygens (including phenoxy) is 1. The van der Waals surface area contributed by atoms with Crippen LogP contribution in [0.5, 0.6) is 11.5 Å². The molecule has 3 aliphatic rings. The normalized spacial score (nSPS) is 28.7. The number of phenols is 2. The van der Waals surface area contributed by atoms with Crippen molar-refractivity contribution in [3.63, 3.8) is 0 Å². The Morgan fingerprint density at radius 2 is 1.94 bits per heavy atom. The number of aliphatic hydroxyl groups excluding tert-OH is 1. The molecule has 36 heavy (non-hydrogen) atoms. The summed E-state index contributed by atoms with van der Waals surface area (Å²) in [6, 6.07) is 4.25. The van der Waals surface area contributed by atoms with Crippen LogP contribution in [0.2, 0.25) is 0 Å². The van der Waals surface area contributed by atoms with Crippen molar-refractivity contribution >= 4 is 18.3 Å². The minimum absolute atomic E-state index is 0.0199. The van der Waals surface area contributed by atoms with Crippen LogP contribution in [0.1, 0.15) is 65.4 Å². The fraction of sp³-hybridized carbons (Fsp3) is 0.667. The lowest BCUT2D eigenvalue weighted by Gasteiger charge is -2.37. The Labute approximate surface area is 212 Å². The maximum Gasteiger partial charge on any atom is 0.293 e. The van der Waals surface area contributed by atoms with Crippen molar-refractivity contribution in [2.45, 2.75) is 84.5 Å². The summed E-state index contributed by atoms with van der Waals surface area (Å²) in [5.41, 5.74) is 1.07. The standard InChI is InChI=1S/C16H22N2O5.C11H18O2/c1-10-3-2-6-18(10)15(22)9-17-16(23)14(21)8-11-4-5-12(19)13(20)7-11;1-10(2)8-4-5-11(10,3)9(6-8)13-7-12/h4-5,7,10,14,19-21H,2-3,6,8-9H2,1H3,(H,17,23);7-9H,4-6H2,1-3H3. The lowest BCUT2D eigenvalue weighted by Crippen LogP contribution is -2.44. The van der Waals surface area contributed by atoms with Gasteiger partial charge in [0.25, 0.3) is 6.47 Å². The van der Waals surface area contributed by atoms with Gasteiger partial charge < -0.3 is 30.3 Å². The first kappa shape index (κ1) is 27.8. The Bertz CT molecular complexity index is 965. The van der Waals surface area contributed by atoms with Crippen molar-refractivity contribution in [2.24, 2.45) is 16.7 Å². The van der Waals surface area contributed by atoms with Crippen molar-refractivity contribution in [1.29, 1.82) is 0 Å². The Hall–Kier alpha value is -2.81. The zero-order valence-electron chi connectivity index (χ0n) is 21.7. The Morgan fingerprint density at radius 1 is 1.22 bits per heavy atom. The molecular weight excluding hydrogens is 464 g/mol. The molecule has 2 aliphatic carbocycles. The number of rotatable bonds is 7. The highest BCUT2D eigenvalue weighted by molar-refractivity contribution is 5.87. The molecule has 1 aliphatic heterocycles. The van der Waals surface area contributed by atoms with E-state index in [0.717, 1.165) is 25.2 Å². The van der Waals surface area contributed by atoms with E-state index in [0.29, 0.717) is 24.0 Å². The van der Waals surface area contributed by atoms with Gasteiger partial charge in [0.05, 0.1) is 6.54 Å². The quantitative estimate of drug-likeness (QED) is 0.331. The number of aromatic hydroxyl groups is 2. The average Bonchev–Trinajstić information content (AvgIpc) is 3.41. The summed E-state index contributed by atoms with van der Waals surface area (Å²) in [6.07, 6.45) is 4.34. The Kier molecular flexibility index (Phi) is 8.54. The number of aliphatic hydroxyl groups is 1. The molecule has 2 amide bonds. The van der Waals surface area contributed by atoms with Crippen LogP contribution in [0, 0.1) is 16.7 Å². The molecule has 4 rings (SSSR count). The number of carbonyl (C=O) groups excluding carboxylic acids is 3. The highest BCUT2D eigenvalue weighted by Gasteiger charge is 2.62. The molecule has 2 bridgehead atoms. The van der Waals surface area contributed by atoms with Gasteiger partial charge in [0.15, 0.2) is 11.5 Å². The molecule has 4 N–H and O–H groups in total. The van der Waals surface area contributed by atoms with Crippen molar-refractivity contribution < 1.29 is 34.4 Å². The van der Waals surface area contributed by atoms with Crippen molar-refractivity contribution in [3.8, 4) is 11.5 Å². The monoisotopic (exact) mass is 504 g/mol. The third-order valence-corrected chi connectivity index (χ3v) is 8.99. The molecule has 3 fully saturated rings. The van der Waals surface area contributed by atoms with Gasteiger partial charge in [-0.1, -0.05) is 26.8 Å². The maximum absolute atomic E-state index is 12.0. The van der Waals surface area contributed by atoms with E-state index in [4.69, 9.17) is 4.74 Å². The Balaban J connectivity index is 0.000000233. The summed E-state index contributed by atoms with van der Waals surface area (Å²) in [5, 5.41) is 30.9. The van der Waals surface area contributed by atoms with E-state index in [1.54, 1.807) is 4.90 Å². The summed E-state index contributed by atoms with van der Waals surface area (Å²) in [4.78, 5) is 35.9.